The van der Waals surface area contributed by atoms with Gasteiger partial charge < -0.3 is 5.32 Å². The zero-order valence-corrected chi connectivity index (χ0v) is 15.6. The van der Waals surface area contributed by atoms with Gasteiger partial charge in [-0.05, 0) is 55.1 Å². The minimum Gasteiger partial charge on any atom is -0.324 e. The molecule has 1 aromatic rings. The van der Waals surface area contributed by atoms with Crippen molar-refractivity contribution in [2.45, 2.75) is 32.7 Å². The minimum atomic E-state index is -0.795. The minimum absolute atomic E-state index is 0.152. The lowest BCUT2D eigenvalue weighted by Crippen LogP contribution is -2.46. The molecule has 5 nitrogen and oxygen atoms in total. The fourth-order valence-electron chi connectivity index (χ4n) is 5.67. The molecule has 27 heavy (non-hydrogen) atoms. The second-order valence-corrected chi connectivity index (χ2v) is 8.38. The quantitative estimate of drug-likeness (QED) is 0.660. The van der Waals surface area contributed by atoms with E-state index in [9.17, 15) is 14.4 Å². The maximum atomic E-state index is 13.1. The first kappa shape index (κ1) is 16.7. The van der Waals surface area contributed by atoms with Crippen LogP contribution in [0.4, 0.5) is 5.69 Å². The Labute approximate surface area is 158 Å². The Morgan fingerprint density at radius 1 is 1.11 bits per heavy atom. The summed E-state index contributed by atoms with van der Waals surface area (Å²) in [6.45, 7) is 3.69. The summed E-state index contributed by atoms with van der Waals surface area (Å²) in [5.41, 5.74) is 1.78. The number of allylic oxidation sites excluding steroid dienone is 2. The summed E-state index contributed by atoms with van der Waals surface area (Å²) in [6.07, 6.45) is 6.24. The van der Waals surface area contributed by atoms with Gasteiger partial charge in [0.05, 0.1) is 11.8 Å². The Hall–Kier alpha value is -2.43. The second-order valence-electron chi connectivity index (χ2n) is 8.38. The van der Waals surface area contributed by atoms with E-state index in [0.29, 0.717) is 11.8 Å². The van der Waals surface area contributed by atoms with Crippen molar-refractivity contribution in [2.24, 2.45) is 35.5 Å². The number of carbonyl (C=O) groups excluding carboxylic acids is 3. The second kappa shape index (κ2) is 5.78. The summed E-state index contributed by atoms with van der Waals surface area (Å²) in [5.74, 6) is 0.384. The summed E-state index contributed by atoms with van der Waals surface area (Å²) in [4.78, 5) is 40.3. The van der Waals surface area contributed by atoms with Crippen molar-refractivity contribution >= 4 is 23.4 Å². The molecule has 4 aliphatic carbocycles. The van der Waals surface area contributed by atoms with Crippen LogP contribution in [-0.4, -0.2) is 28.7 Å². The fraction of sp³-hybridized carbons (Fsp3) is 0.500. The molecule has 1 heterocycles. The first-order valence-electron chi connectivity index (χ1n) is 9.97. The van der Waals surface area contributed by atoms with Gasteiger partial charge in [0.25, 0.3) is 0 Å². The average Bonchev–Trinajstić information content (AvgIpc) is 3.45. The van der Waals surface area contributed by atoms with Crippen molar-refractivity contribution in [1.82, 2.24) is 4.90 Å². The molecule has 0 radical (unpaired) electrons. The molecule has 5 aliphatic rings. The van der Waals surface area contributed by atoms with Crippen LogP contribution in [0.3, 0.4) is 0 Å². The summed E-state index contributed by atoms with van der Waals surface area (Å²) in [5, 5.41) is 2.92. The number of benzene rings is 1. The molecular weight excluding hydrogens is 340 g/mol. The highest BCUT2D eigenvalue weighted by Crippen LogP contribution is 2.65. The molecule has 0 unspecified atom stereocenters. The van der Waals surface area contributed by atoms with Gasteiger partial charge in [-0.25, -0.2) is 0 Å². The predicted molar refractivity (Wildman–Crippen MR) is 100 cm³/mol. The van der Waals surface area contributed by atoms with Crippen molar-refractivity contribution in [3.05, 3.63) is 42.0 Å². The number of likely N-dealkylation sites (tertiary alicyclic amines) is 1. The van der Waals surface area contributed by atoms with E-state index in [1.54, 1.807) is 6.92 Å². The molecule has 1 aliphatic heterocycles. The van der Waals surface area contributed by atoms with Gasteiger partial charge in [-0.15, -0.1) is 0 Å². The van der Waals surface area contributed by atoms with E-state index in [0.717, 1.165) is 24.1 Å². The van der Waals surface area contributed by atoms with E-state index in [2.05, 4.69) is 17.5 Å². The largest absolute Gasteiger partial charge is 0.324 e. The lowest BCUT2D eigenvalue weighted by atomic mass is 9.63. The van der Waals surface area contributed by atoms with Gasteiger partial charge >= 0.3 is 0 Å². The molecule has 0 spiro atoms. The Morgan fingerprint density at radius 2 is 1.70 bits per heavy atom. The summed E-state index contributed by atoms with van der Waals surface area (Å²) in [6, 6.07) is 6.83. The number of imide groups is 1. The van der Waals surface area contributed by atoms with Gasteiger partial charge in [0, 0.05) is 5.69 Å². The van der Waals surface area contributed by atoms with Crippen molar-refractivity contribution < 1.29 is 14.4 Å². The number of amides is 3. The van der Waals surface area contributed by atoms with Crippen LogP contribution in [0.1, 0.15) is 25.8 Å². The highest BCUT2D eigenvalue weighted by atomic mass is 16.2. The number of nitrogens with zero attached hydrogens (tertiary/aromatic N) is 1. The van der Waals surface area contributed by atoms with E-state index < -0.39 is 6.04 Å². The third kappa shape index (κ3) is 2.27. The normalized spacial score (nSPS) is 36.4. The van der Waals surface area contributed by atoms with Crippen molar-refractivity contribution in [2.75, 3.05) is 5.32 Å². The van der Waals surface area contributed by atoms with Gasteiger partial charge in [0.1, 0.15) is 6.04 Å². The van der Waals surface area contributed by atoms with Crippen molar-refractivity contribution in [3.63, 3.8) is 0 Å². The van der Waals surface area contributed by atoms with Gasteiger partial charge in [0.2, 0.25) is 17.7 Å². The fourth-order valence-corrected chi connectivity index (χ4v) is 5.67. The number of hydrogen-bond donors (Lipinski definition) is 1. The van der Waals surface area contributed by atoms with Gasteiger partial charge in [-0.2, -0.15) is 0 Å². The van der Waals surface area contributed by atoms with Crippen LogP contribution in [0.15, 0.2) is 36.4 Å². The number of para-hydroxylation sites is 1. The number of carbonyl (C=O) groups is 3. The summed E-state index contributed by atoms with van der Waals surface area (Å²) in [7, 11) is 0. The summed E-state index contributed by atoms with van der Waals surface area (Å²) >= 11 is 0. The van der Waals surface area contributed by atoms with Crippen molar-refractivity contribution in [3.8, 4) is 0 Å². The molecule has 6 rings (SSSR count). The smallest absolute Gasteiger partial charge is 0.247 e. The van der Waals surface area contributed by atoms with E-state index >= 15 is 0 Å². The molecule has 2 bridgehead atoms. The monoisotopic (exact) mass is 364 g/mol. The molecule has 1 saturated heterocycles. The van der Waals surface area contributed by atoms with Crippen LogP contribution >= 0.6 is 0 Å². The molecule has 3 fully saturated rings. The van der Waals surface area contributed by atoms with E-state index in [1.807, 2.05) is 31.2 Å². The first-order chi connectivity index (χ1) is 13.0. The van der Waals surface area contributed by atoms with Crippen LogP contribution in [-0.2, 0) is 20.8 Å². The predicted octanol–water partition coefficient (Wildman–Crippen LogP) is 2.63. The molecule has 7 atom stereocenters. The third-order valence-electron chi connectivity index (χ3n) is 7.12. The van der Waals surface area contributed by atoms with E-state index in [-0.39, 0.29) is 41.4 Å². The molecule has 3 amide bonds. The van der Waals surface area contributed by atoms with Crippen LogP contribution in [0, 0.1) is 35.5 Å². The molecule has 1 aromatic carbocycles. The SMILES string of the molecule is CCc1ccccc1NC(=O)[C@H](C)N1C(=O)[C@@H]2[C@H]3C=C[C@@H]([C@@H]4C[C@@H]34)[C@H]2C1=O. The molecule has 140 valence electrons. The molecule has 2 saturated carbocycles. The zero-order chi connectivity index (χ0) is 18.9. The van der Waals surface area contributed by atoms with Crippen molar-refractivity contribution in [1.29, 1.82) is 0 Å². The van der Waals surface area contributed by atoms with E-state index in [4.69, 9.17) is 0 Å². The van der Waals surface area contributed by atoms with Crippen LogP contribution < -0.4 is 5.32 Å². The van der Waals surface area contributed by atoms with Crippen LogP contribution in [0.2, 0.25) is 0 Å². The third-order valence-corrected chi connectivity index (χ3v) is 7.12. The zero-order valence-electron chi connectivity index (χ0n) is 15.6. The standard InChI is InChI=1S/C22H24N2O3/c1-3-12-6-4-5-7-17(12)23-20(25)11(2)24-21(26)18-13-8-9-14(16-10-15(13)16)19(18)22(24)27/h4-9,11,13-16,18-19H,3,10H2,1-2H3,(H,23,25)/t11-,13-,14-,15-,16-,18+,19+/m0/s1. The lowest BCUT2D eigenvalue weighted by molar-refractivity contribution is -0.146. The average molecular weight is 364 g/mol. The lowest BCUT2D eigenvalue weighted by Gasteiger charge is -2.37. The maximum Gasteiger partial charge on any atom is 0.247 e. The topological polar surface area (TPSA) is 66.5 Å². The van der Waals surface area contributed by atoms with Crippen LogP contribution in [0.25, 0.3) is 0 Å². The summed E-state index contributed by atoms with van der Waals surface area (Å²) < 4.78 is 0. The Kier molecular flexibility index (Phi) is 3.58. The number of aryl methyl sites for hydroxylation is 1. The molecule has 0 aromatic heterocycles. The highest BCUT2D eigenvalue weighted by Gasteiger charge is 2.67. The van der Waals surface area contributed by atoms with Gasteiger partial charge in [-0.3, -0.25) is 19.3 Å². The Balaban J connectivity index is 1.38. The van der Waals surface area contributed by atoms with Gasteiger partial charge in [0.15, 0.2) is 0 Å². The Bertz CT molecular complexity index is 840. The maximum absolute atomic E-state index is 13.1. The first-order valence-corrected chi connectivity index (χ1v) is 9.97. The highest BCUT2D eigenvalue weighted by molar-refractivity contribution is 6.10. The van der Waals surface area contributed by atoms with E-state index in [1.165, 1.54) is 4.90 Å². The number of nitrogens with one attached hydrogen (secondary N) is 1. The molecular formula is C22H24N2O3. The molecule has 1 N–H and O–H groups in total. The number of hydrogen-bond acceptors (Lipinski definition) is 3. The van der Waals surface area contributed by atoms with Crippen LogP contribution in [0.5, 0.6) is 0 Å². The number of anilines is 1. The Morgan fingerprint density at radius 3 is 2.30 bits per heavy atom. The number of rotatable bonds is 4. The molecule has 5 heteroatoms. The van der Waals surface area contributed by atoms with Gasteiger partial charge in [-0.1, -0.05) is 37.3 Å².